The Morgan fingerprint density at radius 1 is 0.900 bits per heavy atom. The maximum Gasteiger partial charge on any atom is 0.255 e. The van der Waals surface area contributed by atoms with Crippen molar-refractivity contribution in [1.29, 1.82) is 0 Å². The summed E-state index contributed by atoms with van der Waals surface area (Å²) in [6, 6.07) is 23.2. The number of nitrogens with one attached hydrogen (secondary N) is 1. The molecule has 0 spiro atoms. The molecule has 0 unspecified atom stereocenters. The van der Waals surface area contributed by atoms with Crippen LogP contribution in [0.3, 0.4) is 0 Å². The molecule has 5 nitrogen and oxygen atoms in total. The molecule has 1 N–H and O–H groups in total. The molecule has 3 aromatic rings. The van der Waals surface area contributed by atoms with Crippen molar-refractivity contribution < 1.29 is 17.9 Å². The van der Waals surface area contributed by atoms with Crippen LogP contribution in [0.4, 0.5) is 5.69 Å². The fraction of sp³-hybridized carbons (Fsp3) is 0.208. The number of rotatable bonds is 8. The highest BCUT2D eigenvalue weighted by Gasteiger charge is 2.19. The first kappa shape index (κ1) is 21.6. The van der Waals surface area contributed by atoms with E-state index >= 15 is 0 Å². The van der Waals surface area contributed by atoms with Crippen molar-refractivity contribution in [3.05, 3.63) is 90.0 Å². The van der Waals surface area contributed by atoms with Crippen molar-refractivity contribution in [3.63, 3.8) is 0 Å². The van der Waals surface area contributed by atoms with Crippen LogP contribution in [0.5, 0.6) is 5.75 Å². The number of benzene rings is 3. The summed E-state index contributed by atoms with van der Waals surface area (Å²) in [5, 5.41) is 2.33. The monoisotopic (exact) mass is 423 g/mol. The lowest BCUT2D eigenvalue weighted by Gasteiger charge is -2.13. The predicted octanol–water partition coefficient (Wildman–Crippen LogP) is 4.74. The minimum absolute atomic E-state index is 0.207. The van der Waals surface area contributed by atoms with Crippen LogP contribution in [0, 0.1) is 0 Å². The lowest BCUT2D eigenvalue weighted by atomic mass is 10.2. The standard InChI is InChI=1S/C24H25NO4S/c1-18(2)30(27,28)21-14-12-20(13-15-21)24(26)25-22-10-6-7-11-23(22)29-17-16-19-8-4-3-5-9-19/h3-15,18H,16-17H2,1-2H3,(H,25,26). The summed E-state index contributed by atoms with van der Waals surface area (Å²) in [6.45, 7) is 3.74. The Morgan fingerprint density at radius 3 is 2.20 bits per heavy atom. The molecule has 3 aromatic carbocycles. The Morgan fingerprint density at radius 2 is 1.53 bits per heavy atom. The van der Waals surface area contributed by atoms with Crippen LogP contribution in [0.15, 0.2) is 83.8 Å². The van der Waals surface area contributed by atoms with Crippen LogP contribution in [0.25, 0.3) is 0 Å². The van der Waals surface area contributed by atoms with Crippen molar-refractivity contribution in [3.8, 4) is 5.75 Å². The van der Waals surface area contributed by atoms with E-state index in [0.29, 0.717) is 23.6 Å². The fourth-order valence-electron chi connectivity index (χ4n) is 2.88. The Labute approximate surface area is 177 Å². The van der Waals surface area contributed by atoms with Gasteiger partial charge >= 0.3 is 0 Å². The lowest BCUT2D eigenvalue weighted by molar-refractivity contribution is 0.102. The second kappa shape index (κ2) is 9.59. The smallest absolute Gasteiger partial charge is 0.255 e. The molecule has 0 aliphatic carbocycles. The van der Waals surface area contributed by atoms with Gasteiger partial charge in [0, 0.05) is 12.0 Å². The van der Waals surface area contributed by atoms with Crippen molar-refractivity contribution in [2.75, 3.05) is 11.9 Å². The highest BCUT2D eigenvalue weighted by molar-refractivity contribution is 7.92. The number of amides is 1. The molecule has 0 saturated carbocycles. The summed E-state index contributed by atoms with van der Waals surface area (Å²) < 4.78 is 30.3. The number of carbonyl (C=O) groups is 1. The number of hydrogen-bond donors (Lipinski definition) is 1. The van der Waals surface area contributed by atoms with Crippen LogP contribution in [-0.2, 0) is 16.3 Å². The first-order valence-corrected chi connectivity index (χ1v) is 11.3. The second-order valence-corrected chi connectivity index (χ2v) is 9.66. The minimum Gasteiger partial charge on any atom is -0.491 e. The summed E-state index contributed by atoms with van der Waals surface area (Å²) in [6.07, 6.45) is 0.759. The van der Waals surface area contributed by atoms with Gasteiger partial charge in [0.25, 0.3) is 5.91 Å². The molecular weight excluding hydrogens is 398 g/mol. The van der Waals surface area contributed by atoms with Crippen LogP contribution in [0.2, 0.25) is 0 Å². The minimum atomic E-state index is -3.37. The van der Waals surface area contributed by atoms with E-state index in [2.05, 4.69) is 5.32 Å². The molecule has 0 saturated heterocycles. The van der Waals surface area contributed by atoms with Crippen LogP contribution >= 0.6 is 0 Å². The molecular formula is C24H25NO4S. The molecule has 0 atom stereocenters. The number of carbonyl (C=O) groups excluding carboxylic acids is 1. The Kier molecular flexibility index (Phi) is 6.90. The summed E-state index contributed by atoms with van der Waals surface area (Å²) in [7, 11) is -3.37. The van der Waals surface area contributed by atoms with Gasteiger partial charge < -0.3 is 10.1 Å². The molecule has 0 bridgehead atoms. The third-order valence-corrected chi connectivity index (χ3v) is 6.86. The zero-order valence-electron chi connectivity index (χ0n) is 17.0. The van der Waals surface area contributed by atoms with Crippen molar-refractivity contribution in [2.24, 2.45) is 0 Å². The summed E-state index contributed by atoms with van der Waals surface area (Å²) in [4.78, 5) is 12.8. The third kappa shape index (κ3) is 5.27. The van der Waals surface area contributed by atoms with E-state index in [9.17, 15) is 13.2 Å². The predicted molar refractivity (Wildman–Crippen MR) is 119 cm³/mol. The molecule has 0 aliphatic heterocycles. The summed E-state index contributed by atoms with van der Waals surface area (Å²) in [5.74, 6) is 0.253. The van der Waals surface area contributed by atoms with Crippen LogP contribution in [-0.4, -0.2) is 26.2 Å². The number of sulfone groups is 1. The van der Waals surface area contributed by atoms with Crippen molar-refractivity contribution in [2.45, 2.75) is 30.4 Å². The molecule has 6 heteroatoms. The largest absolute Gasteiger partial charge is 0.491 e. The van der Waals surface area contributed by atoms with E-state index in [0.717, 1.165) is 6.42 Å². The zero-order chi connectivity index (χ0) is 21.6. The summed E-state index contributed by atoms with van der Waals surface area (Å²) >= 11 is 0. The summed E-state index contributed by atoms with van der Waals surface area (Å²) in [5.41, 5.74) is 2.11. The van der Waals surface area contributed by atoms with Crippen LogP contribution in [0.1, 0.15) is 29.8 Å². The molecule has 0 aromatic heterocycles. The zero-order valence-corrected chi connectivity index (χ0v) is 17.9. The van der Waals surface area contributed by atoms with Gasteiger partial charge in [-0.05, 0) is 55.8 Å². The average Bonchev–Trinajstić information content (AvgIpc) is 2.75. The molecule has 156 valence electrons. The maximum atomic E-state index is 12.6. The van der Waals surface area contributed by atoms with E-state index in [4.69, 9.17) is 4.74 Å². The van der Waals surface area contributed by atoms with Gasteiger partial charge in [-0.15, -0.1) is 0 Å². The van der Waals surface area contributed by atoms with Gasteiger partial charge in [0.1, 0.15) is 5.75 Å². The van der Waals surface area contributed by atoms with E-state index in [1.54, 1.807) is 26.0 Å². The van der Waals surface area contributed by atoms with Gasteiger partial charge in [-0.25, -0.2) is 8.42 Å². The average molecular weight is 424 g/mol. The number of para-hydroxylation sites is 2. The van der Waals surface area contributed by atoms with Gasteiger partial charge in [0.05, 0.1) is 22.4 Å². The Balaban J connectivity index is 1.67. The van der Waals surface area contributed by atoms with Crippen LogP contribution < -0.4 is 10.1 Å². The van der Waals surface area contributed by atoms with E-state index < -0.39 is 15.1 Å². The highest BCUT2D eigenvalue weighted by atomic mass is 32.2. The lowest BCUT2D eigenvalue weighted by Crippen LogP contribution is -2.16. The van der Waals surface area contributed by atoms with Gasteiger partial charge in [0.15, 0.2) is 9.84 Å². The van der Waals surface area contributed by atoms with Gasteiger partial charge in [-0.2, -0.15) is 0 Å². The first-order valence-electron chi connectivity index (χ1n) is 9.79. The molecule has 0 fully saturated rings. The SMILES string of the molecule is CC(C)S(=O)(=O)c1ccc(C(=O)Nc2ccccc2OCCc2ccccc2)cc1. The third-order valence-electron chi connectivity index (χ3n) is 4.69. The quantitative estimate of drug-likeness (QED) is 0.568. The molecule has 30 heavy (non-hydrogen) atoms. The van der Waals surface area contributed by atoms with Crippen molar-refractivity contribution >= 4 is 21.4 Å². The fourth-order valence-corrected chi connectivity index (χ4v) is 3.94. The highest BCUT2D eigenvalue weighted by Crippen LogP contribution is 2.25. The van der Waals surface area contributed by atoms with Gasteiger partial charge in [-0.3, -0.25) is 4.79 Å². The van der Waals surface area contributed by atoms with Gasteiger partial charge in [-0.1, -0.05) is 42.5 Å². The molecule has 0 heterocycles. The van der Waals surface area contributed by atoms with Crippen molar-refractivity contribution in [1.82, 2.24) is 0 Å². The Hall–Kier alpha value is -3.12. The van der Waals surface area contributed by atoms with E-state index in [-0.39, 0.29) is 10.8 Å². The maximum absolute atomic E-state index is 12.6. The number of ether oxygens (including phenoxy) is 1. The second-order valence-electron chi connectivity index (χ2n) is 7.15. The van der Waals surface area contributed by atoms with E-state index in [1.165, 1.54) is 29.8 Å². The molecule has 0 aliphatic rings. The molecule has 0 radical (unpaired) electrons. The molecule has 3 rings (SSSR count). The van der Waals surface area contributed by atoms with E-state index in [1.807, 2.05) is 42.5 Å². The number of hydrogen-bond acceptors (Lipinski definition) is 4. The first-order chi connectivity index (χ1) is 14.4. The number of anilines is 1. The normalized spacial score (nSPS) is 11.3. The Bertz CT molecular complexity index is 1090. The molecule has 1 amide bonds. The van der Waals surface area contributed by atoms with Gasteiger partial charge in [0.2, 0.25) is 0 Å². The topological polar surface area (TPSA) is 72.5 Å².